The minimum atomic E-state index is -2.50. The van der Waals surface area contributed by atoms with Crippen molar-refractivity contribution in [3.05, 3.63) is 23.3 Å². The molecule has 1 aliphatic carbocycles. The number of aliphatic hydroxyl groups excluding tert-OH is 2. The number of hydrogen-bond acceptors (Lipinski definition) is 12. The van der Waals surface area contributed by atoms with Gasteiger partial charge in [-0.15, -0.1) is 0 Å². The van der Waals surface area contributed by atoms with Crippen LogP contribution in [-0.4, -0.2) is 126 Å². The fourth-order valence-corrected chi connectivity index (χ4v) is 9.60. The normalized spacial score (nSPS) is 41.1. The zero-order chi connectivity index (χ0) is 42.2. The molecular weight excluding hydrogens is 734 g/mol. The van der Waals surface area contributed by atoms with Crippen molar-refractivity contribution in [2.24, 2.45) is 29.6 Å². The summed E-state index contributed by atoms with van der Waals surface area (Å²) in [5, 5.41) is 34.2. The first-order valence-electron chi connectivity index (χ1n) is 21.3. The smallest absolute Gasteiger partial charge is 0.329 e. The molecule has 13 nitrogen and oxygen atoms in total. The molecule has 1 unspecified atom stereocenters. The lowest BCUT2D eigenvalue weighted by Gasteiger charge is -2.47. The summed E-state index contributed by atoms with van der Waals surface area (Å²) in [4.78, 5) is 57.9. The van der Waals surface area contributed by atoms with E-state index < -0.39 is 83.9 Å². The van der Waals surface area contributed by atoms with Crippen LogP contribution in [0.5, 0.6) is 0 Å². The van der Waals surface area contributed by atoms with E-state index in [4.69, 9.17) is 23.7 Å². The lowest BCUT2D eigenvalue weighted by Crippen LogP contribution is -2.64. The topological polar surface area (TPSA) is 178 Å². The van der Waals surface area contributed by atoms with E-state index in [9.17, 15) is 34.5 Å². The van der Waals surface area contributed by atoms with E-state index in [1.165, 1.54) is 19.1 Å². The number of allylic oxidation sites excluding steroid dienone is 3. The summed E-state index contributed by atoms with van der Waals surface area (Å²) < 4.78 is 29.8. The molecular formula is C44H71NO12. The molecule has 1 amide bonds. The number of carbonyl (C=O) groups is 4. The molecule has 13 heteroatoms. The molecule has 4 aliphatic rings. The number of aliphatic hydroxyl groups is 3. The summed E-state index contributed by atoms with van der Waals surface area (Å²) >= 11 is 0. The first kappa shape index (κ1) is 47.2. The van der Waals surface area contributed by atoms with Gasteiger partial charge in [0.25, 0.3) is 11.7 Å². The van der Waals surface area contributed by atoms with Gasteiger partial charge in [0.05, 0.1) is 30.5 Å². The van der Waals surface area contributed by atoms with Crippen LogP contribution in [0.1, 0.15) is 119 Å². The predicted molar refractivity (Wildman–Crippen MR) is 213 cm³/mol. The van der Waals surface area contributed by atoms with Crippen molar-refractivity contribution >= 4 is 23.4 Å². The van der Waals surface area contributed by atoms with Crippen LogP contribution in [0.2, 0.25) is 0 Å². The minimum absolute atomic E-state index is 0.000416. The third-order valence-electron chi connectivity index (χ3n) is 13.1. The third kappa shape index (κ3) is 11.4. The largest absolute Gasteiger partial charge is 0.456 e. The van der Waals surface area contributed by atoms with E-state index >= 15 is 0 Å². The molecule has 0 aromatic heterocycles. The van der Waals surface area contributed by atoms with Crippen molar-refractivity contribution < 1.29 is 58.2 Å². The predicted octanol–water partition coefficient (Wildman–Crippen LogP) is 4.86. The number of cyclic esters (lactones) is 1. The van der Waals surface area contributed by atoms with Gasteiger partial charge in [-0.2, -0.15) is 0 Å². The summed E-state index contributed by atoms with van der Waals surface area (Å²) in [6.45, 7) is 11.4. The van der Waals surface area contributed by atoms with Gasteiger partial charge >= 0.3 is 5.97 Å². The number of methoxy groups -OCH3 is 3. The number of hydrogen-bond donors (Lipinski definition) is 3. The lowest BCUT2D eigenvalue weighted by molar-refractivity contribution is -0.302. The molecule has 3 heterocycles. The van der Waals surface area contributed by atoms with Gasteiger partial charge in [0, 0.05) is 52.0 Å². The van der Waals surface area contributed by atoms with E-state index in [0.29, 0.717) is 56.9 Å². The van der Waals surface area contributed by atoms with Crippen molar-refractivity contribution in [3.63, 3.8) is 0 Å². The standard InChI is InChI=1S/C44H71NO12/c1-10-13-31-19-25(2)18-26(3)20-37(54-8)40-38(55-9)22-28(5)44(52,57-40)41(49)42(50)45-17-12-11-14-32(45)43(51)56-39(29(6)34(47)24-35(31)48)27(4)21-30-15-16-33(46)36(23-30)53-7/h19,21,26,28-34,36-40,46-47,52H,10-18,20,22-24H2,1-9H3/b25-19+,27-21+/t26-,28+,29+,30-,31+,32-,33+,34-,36+,37?,38-,39+,40+,44+/m0/s1. The molecule has 14 atom stereocenters. The number of carbonyl (C=O) groups excluding carboxylic acids is 4. The van der Waals surface area contributed by atoms with Crippen LogP contribution >= 0.6 is 0 Å². The van der Waals surface area contributed by atoms with Crippen LogP contribution in [0.4, 0.5) is 0 Å². The highest BCUT2D eigenvalue weighted by Gasteiger charge is 2.56. The monoisotopic (exact) mass is 805 g/mol. The Morgan fingerprint density at radius 1 is 0.912 bits per heavy atom. The molecule has 0 spiro atoms. The molecule has 3 N–H and O–H groups in total. The third-order valence-corrected chi connectivity index (χ3v) is 13.1. The summed E-state index contributed by atoms with van der Waals surface area (Å²) in [5.41, 5.74) is 1.67. The molecule has 2 saturated heterocycles. The zero-order valence-corrected chi connectivity index (χ0v) is 35.8. The number of piperidine rings is 1. The molecule has 0 aromatic rings. The Bertz CT molecular complexity index is 1450. The molecule has 4 rings (SSSR count). The Hall–Kier alpha value is -2.52. The minimum Gasteiger partial charge on any atom is -0.456 e. The lowest BCUT2D eigenvalue weighted by atomic mass is 9.81. The van der Waals surface area contributed by atoms with Crippen molar-refractivity contribution in [2.45, 2.75) is 173 Å². The number of amides is 1. The Kier molecular flexibility index (Phi) is 17.5. The summed E-state index contributed by atoms with van der Waals surface area (Å²) in [7, 11) is 4.64. The molecule has 3 fully saturated rings. The molecule has 0 aromatic carbocycles. The molecule has 1 saturated carbocycles. The number of rotatable bonds is 7. The van der Waals surface area contributed by atoms with Crippen LogP contribution in [0.25, 0.3) is 0 Å². The van der Waals surface area contributed by atoms with E-state index in [-0.39, 0.29) is 49.5 Å². The second-order valence-corrected chi connectivity index (χ2v) is 17.5. The van der Waals surface area contributed by atoms with Gasteiger partial charge in [-0.1, -0.05) is 51.8 Å². The fraction of sp³-hybridized carbons (Fsp3) is 0.818. The Morgan fingerprint density at radius 2 is 1.58 bits per heavy atom. The van der Waals surface area contributed by atoms with Crippen LogP contribution in [0, 0.1) is 29.6 Å². The van der Waals surface area contributed by atoms with Crippen LogP contribution in [0.15, 0.2) is 23.3 Å². The van der Waals surface area contributed by atoms with Gasteiger partial charge in [-0.25, -0.2) is 4.79 Å². The SMILES string of the molecule is CCC[C@@H]1/C=C(\C)C[C@H](C)CC(OC)[C@H]2O[C@@](O)(C(=O)C(=O)N3CCCC[C@H]3C(=O)O[C@H](/C(C)=C/[C@@H]3CC[C@@H](O)[C@H](OC)C3)[C@H](C)[C@@H](O)CC1=O)[C@H](C)C[C@@H]2OC. The van der Waals surface area contributed by atoms with Gasteiger partial charge in [0.1, 0.15) is 24.0 Å². The fourth-order valence-electron chi connectivity index (χ4n) is 9.60. The van der Waals surface area contributed by atoms with Crippen molar-refractivity contribution in [1.29, 1.82) is 0 Å². The average molecular weight is 806 g/mol. The maximum absolute atomic E-state index is 14.3. The van der Waals surface area contributed by atoms with Crippen LogP contribution in [-0.2, 0) is 42.9 Å². The first-order chi connectivity index (χ1) is 27.0. The van der Waals surface area contributed by atoms with E-state index in [2.05, 4.69) is 6.92 Å². The number of ketones is 2. The molecule has 0 radical (unpaired) electrons. The molecule has 2 bridgehead atoms. The first-order valence-corrected chi connectivity index (χ1v) is 21.3. The quantitative estimate of drug-likeness (QED) is 0.181. The van der Waals surface area contributed by atoms with Crippen molar-refractivity contribution in [1.82, 2.24) is 4.90 Å². The number of fused-ring (bicyclic) bond motifs is 3. The number of Topliss-reactive ketones (excluding diaryl/α,β-unsaturated/α-hetero) is 2. The highest BCUT2D eigenvalue weighted by Crippen LogP contribution is 2.39. The Balaban J connectivity index is 1.77. The van der Waals surface area contributed by atoms with E-state index in [1.54, 1.807) is 21.0 Å². The molecule has 57 heavy (non-hydrogen) atoms. The maximum Gasteiger partial charge on any atom is 0.329 e. The highest BCUT2D eigenvalue weighted by molar-refractivity contribution is 6.39. The van der Waals surface area contributed by atoms with E-state index in [1.807, 2.05) is 32.9 Å². The van der Waals surface area contributed by atoms with Crippen molar-refractivity contribution in [3.8, 4) is 0 Å². The summed E-state index contributed by atoms with van der Waals surface area (Å²) in [5.74, 6) is -7.46. The Labute approximate surface area is 339 Å². The number of ether oxygens (including phenoxy) is 5. The van der Waals surface area contributed by atoms with Gasteiger partial charge in [-0.05, 0) is 95.5 Å². The zero-order valence-electron chi connectivity index (χ0n) is 35.8. The highest BCUT2D eigenvalue weighted by atomic mass is 16.7. The van der Waals surface area contributed by atoms with Crippen molar-refractivity contribution in [2.75, 3.05) is 27.9 Å². The molecule has 324 valence electrons. The molecule has 3 aliphatic heterocycles. The number of nitrogens with zero attached hydrogens (tertiary/aromatic N) is 1. The van der Waals surface area contributed by atoms with Crippen LogP contribution < -0.4 is 0 Å². The van der Waals surface area contributed by atoms with Gasteiger partial charge in [0.15, 0.2) is 0 Å². The van der Waals surface area contributed by atoms with Gasteiger partial charge in [0.2, 0.25) is 5.79 Å². The van der Waals surface area contributed by atoms with E-state index in [0.717, 1.165) is 12.0 Å². The average Bonchev–Trinajstić information content (AvgIpc) is 3.18. The second-order valence-electron chi connectivity index (χ2n) is 17.5. The van der Waals surface area contributed by atoms with Gasteiger partial charge in [-0.3, -0.25) is 14.4 Å². The second kappa shape index (κ2) is 21.1. The maximum atomic E-state index is 14.3. The Morgan fingerprint density at radius 3 is 2.23 bits per heavy atom. The van der Waals surface area contributed by atoms with Gasteiger partial charge < -0.3 is 43.9 Å². The number of esters is 1. The summed E-state index contributed by atoms with van der Waals surface area (Å²) in [6, 6.07) is -1.13. The summed E-state index contributed by atoms with van der Waals surface area (Å²) in [6.07, 6.45) is 4.60. The van der Waals surface area contributed by atoms with Crippen LogP contribution in [0.3, 0.4) is 0 Å².